The van der Waals surface area contributed by atoms with Crippen molar-refractivity contribution in [3.8, 4) is 0 Å². The largest absolute Gasteiger partial charge is 0.350 e. The van der Waals surface area contributed by atoms with E-state index in [0.29, 0.717) is 22.2 Å². The molecule has 1 fully saturated rings. The number of nitrogens with zero attached hydrogens (tertiary/aromatic N) is 1. The molecule has 5 heteroatoms. The van der Waals surface area contributed by atoms with E-state index in [4.69, 9.17) is 23.2 Å². The average Bonchev–Trinajstić information content (AvgIpc) is 2.49. The lowest BCUT2D eigenvalue weighted by molar-refractivity contribution is 0.0797. The van der Waals surface area contributed by atoms with Crippen LogP contribution in [0.5, 0.6) is 0 Å². The van der Waals surface area contributed by atoms with Gasteiger partial charge in [0, 0.05) is 12.1 Å². The van der Waals surface area contributed by atoms with Crippen LogP contribution in [0.2, 0.25) is 10.0 Å². The molecular formula is C16H22Cl2N2O. The summed E-state index contributed by atoms with van der Waals surface area (Å²) < 4.78 is 0. The summed E-state index contributed by atoms with van der Waals surface area (Å²) in [5.74, 6) is -0.174. The Labute approximate surface area is 136 Å². The fraction of sp³-hybridized carbons (Fsp3) is 0.562. The minimum atomic E-state index is -0.174. The number of benzene rings is 1. The second kappa shape index (κ2) is 6.99. The fourth-order valence-electron chi connectivity index (χ4n) is 2.68. The summed E-state index contributed by atoms with van der Waals surface area (Å²) >= 11 is 12.0. The summed E-state index contributed by atoms with van der Waals surface area (Å²) in [5, 5.41) is 3.70. The van der Waals surface area contributed by atoms with Gasteiger partial charge in [0.15, 0.2) is 0 Å². The Morgan fingerprint density at radius 2 is 1.90 bits per heavy atom. The maximum absolute atomic E-state index is 12.3. The first-order chi connectivity index (χ1) is 9.92. The van der Waals surface area contributed by atoms with Crippen molar-refractivity contribution in [3.05, 3.63) is 33.8 Å². The molecular weight excluding hydrogens is 307 g/mol. The number of nitrogens with one attached hydrogen (secondary N) is 1. The average molecular weight is 329 g/mol. The van der Waals surface area contributed by atoms with Gasteiger partial charge < -0.3 is 5.32 Å². The highest BCUT2D eigenvalue weighted by molar-refractivity contribution is 6.43. The van der Waals surface area contributed by atoms with Crippen molar-refractivity contribution in [1.82, 2.24) is 10.2 Å². The van der Waals surface area contributed by atoms with Gasteiger partial charge in [-0.3, -0.25) is 9.69 Å². The minimum Gasteiger partial charge on any atom is -0.350 e. The van der Waals surface area contributed by atoms with E-state index in [-0.39, 0.29) is 11.4 Å². The molecule has 0 aromatic heterocycles. The van der Waals surface area contributed by atoms with Crippen LogP contribution in [0.25, 0.3) is 0 Å². The summed E-state index contributed by atoms with van der Waals surface area (Å²) in [6.45, 7) is 7.12. The molecule has 0 bridgehead atoms. The summed E-state index contributed by atoms with van der Waals surface area (Å²) in [4.78, 5) is 14.7. The highest BCUT2D eigenvalue weighted by atomic mass is 35.5. The maximum atomic E-state index is 12.3. The SMILES string of the molecule is CC(C)(CNC(=O)c1cccc(Cl)c1Cl)N1CCCCC1. The third-order valence-corrected chi connectivity index (χ3v) is 4.91. The number of halogens is 2. The summed E-state index contributed by atoms with van der Waals surface area (Å²) in [6.07, 6.45) is 3.77. The molecule has 1 aromatic carbocycles. The molecule has 0 radical (unpaired) electrons. The van der Waals surface area contributed by atoms with Crippen molar-refractivity contribution < 1.29 is 4.79 Å². The first-order valence-electron chi connectivity index (χ1n) is 7.39. The van der Waals surface area contributed by atoms with Gasteiger partial charge in [-0.1, -0.05) is 35.7 Å². The van der Waals surface area contributed by atoms with E-state index < -0.39 is 0 Å². The number of hydrogen-bond donors (Lipinski definition) is 1. The molecule has 1 amide bonds. The molecule has 0 spiro atoms. The Morgan fingerprint density at radius 1 is 1.24 bits per heavy atom. The molecule has 0 aliphatic carbocycles. The molecule has 0 atom stereocenters. The minimum absolute atomic E-state index is 0.0544. The molecule has 1 N–H and O–H groups in total. The molecule has 1 aromatic rings. The van der Waals surface area contributed by atoms with Crippen molar-refractivity contribution in [2.45, 2.75) is 38.6 Å². The van der Waals surface area contributed by atoms with E-state index >= 15 is 0 Å². The highest BCUT2D eigenvalue weighted by Gasteiger charge is 2.28. The molecule has 1 heterocycles. The fourth-order valence-corrected chi connectivity index (χ4v) is 3.07. The molecule has 1 aliphatic heterocycles. The first kappa shape index (κ1) is 16.6. The predicted molar refractivity (Wildman–Crippen MR) is 88.3 cm³/mol. The smallest absolute Gasteiger partial charge is 0.252 e. The lowest BCUT2D eigenvalue weighted by Crippen LogP contribution is -2.53. The number of carbonyl (C=O) groups excluding carboxylic acids is 1. The van der Waals surface area contributed by atoms with Crippen LogP contribution in [0.3, 0.4) is 0 Å². The van der Waals surface area contributed by atoms with Crippen LogP contribution in [0.1, 0.15) is 43.5 Å². The summed E-state index contributed by atoms with van der Waals surface area (Å²) in [6, 6.07) is 5.11. The van der Waals surface area contributed by atoms with Crippen LogP contribution < -0.4 is 5.32 Å². The van der Waals surface area contributed by atoms with Crippen LogP contribution >= 0.6 is 23.2 Å². The Morgan fingerprint density at radius 3 is 2.57 bits per heavy atom. The van der Waals surface area contributed by atoms with Gasteiger partial charge in [0.2, 0.25) is 0 Å². The molecule has 1 saturated heterocycles. The van der Waals surface area contributed by atoms with Crippen molar-refractivity contribution in [3.63, 3.8) is 0 Å². The number of likely N-dealkylation sites (tertiary alicyclic amines) is 1. The molecule has 2 rings (SSSR count). The maximum Gasteiger partial charge on any atom is 0.252 e. The third-order valence-electron chi connectivity index (χ3n) is 4.09. The number of carbonyl (C=O) groups is 1. The Hall–Kier alpha value is -0.770. The molecule has 1 aliphatic rings. The van der Waals surface area contributed by atoms with Gasteiger partial charge in [-0.2, -0.15) is 0 Å². The van der Waals surface area contributed by atoms with Crippen molar-refractivity contribution in [1.29, 1.82) is 0 Å². The van der Waals surface area contributed by atoms with Crippen molar-refractivity contribution in [2.24, 2.45) is 0 Å². The van der Waals surface area contributed by atoms with E-state index in [9.17, 15) is 4.79 Å². The van der Waals surface area contributed by atoms with Crippen LogP contribution in [-0.2, 0) is 0 Å². The second-order valence-electron chi connectivity index (χ2n) is 6.14. The topological polar surface area (TPSA) is 32.3 Å². The summed E-state index contributed by atoms with van der Waals surface area (Å²) in [7, 11) is 0. The monoisotopic (exact) mass is 328 g/mol. The normalized spacial score (nSPS) is 16.8. The van der Waals surface area contributed by atoms with E-state index in [1.54, 1.807) is 18.2 Å². The summed E-state index contributed by atoms with van der Waals surface area (Å²) in [5.41, 5.74) is 0.375. The Bertz CT molecular complexity index is 511. The molecule has 0 unspecified atom stereocenters. The quantitative estimate of drug-likeness (QED) is 0.906. The van der Waals surface area contributed by atoms with Gasteiger partial charge in [-0.05, 0) is 51.9 Å². The Kier molecular flexibility index (Phi) is 5.53. The zero-order valence-electron chi connectivity index (χ0n) is 12.6. The predicted octanol–water partition coefficient (Wildman–Crippen LogP) is 3.99. The van der Waals surface area contributed by atoms with Gasteiger partial charge in [-0.25, -0.2) is 0 Å². The zero-order chi connectivity index (χ0) is 15.5. The van der Waals surface area contributed by atoms with E-state index in [2.05, 4.69) is 24.1 Å². The number of hydrogen-bond acceptors (Lipinski definition) is 2. The van der Waals surface area contributed by atoms with E-state index in [1.165, 1.54) is 19.3 Å². The van der Waals surface area contributed by atoms with Gasteiger partial charge in [-0.15, -0.1) is 0 Å². The highest BCUT2D eigenvalue weighted by Crippen LogP contribution is 2.26. The Balaban J connectivity index is 1.98. The molecule has 0 saturated carbocycles. The van der Waals surface area contributed by atoms with Crippen LogP contribution in [0, 0.1) is 0 Å². The van der Waals surface area contributed by atoms with Crippen molar-refractivity contribution in [2.75, 3.05) is 19.6 Å². The number of piperidine rings is 1. The van der Waals surface area contributed by atoms with Gasteiger partial charge in [0.1, 0.15) is 0 Å². The van der Waals surface area contributed by atoms with Gasteiger partial charge >= 0.3 is 0 Å². The standard InChI is InChI=1S/C16H22Cl2N2O/c1-16(2,20-9-4-3-5-10-20)11-19-15(21)12-7-6-8-13(17)14(12)18/h6-8H,3-5,9-11H2,1-2H3,(H,19,21). The molecule has 116 valence electrons. The molecule has 21 heavy (non-hydrogen) atoms. The number of amides is 1. The van der Waals surface area contributed by atoms with Gasteiger partial charge in [0.05, 0.1) is 15.6 Å². The van der Waals surface area contributed by atoms with E-state index in [0.717, 1.165) is 13.1 Å². The lowest BCUT2D eigenvalue weighted by atomic mass is 9.98. The lowest BCUT2D eigenvalue weighted by Gasteiger charge is -2.41. The van der Waals surface area contributed by atoms with Gasteiger partial charge in [0.25, 0.3) is 5.91 Å². The second-order valence-corrected chi connectivity index (χ2v) is 6.93. The third kappa shape index (κ3) is 4.12. The van der Waals surface area contributed by atoms with Crippen LogP contribution in [0.4, 0.5) is 0 Å². The first-order valence-corrected chi connectivity index (χ1v) is 8.15. The van der Waals surface area contributed by atoms with Crippen molar-refractivity contribution >= 4 is 29.1 Å². The van der Waals surface area contributed by atoms with E-state index in [1.807, 2.05) is 0 Å². The number of rotatable bonds is 4. The zero-order valence-corrected chi connectivity index (χ0v) is 14.1. The molecule has 3 nitrogen and oxygen atoms in total. The van der Waals surface area contributed by atoms with Crippen LogP contribution in [0.15, 0.2) is 18.2 Å². The van der Waals surface area contributed by atoms with Crippen LogP contribution in [-0.4, -0.2) is 36.0 Å².